The lowest BCUT2D eigenvalue weighted by molar-refractivity contribution is -0.141. The van der Waals surface area contributed by atoms with Gasteiger partial charge in [0.15, 0.2) is 0 Å². The number of primary amides is 1. The van der Waals surface area contributed by atoms with E-state index < -0.39 is 6.04 Å². The molecule has 2 N–H and O–H groups in total. The van der Waals surface area contributed by atoms with E-state index in [0.717, 1.165) is 11.1 Å². The molecule has 23 heavy (non-hydrogen) atoms. The monoisotopic (exact) mass is 317 g/mol. The number of rotatable bonds is 3. The molecule has 6 nitrogen and oxygen atoms in total. The molecule has 2 aliphatic heterocycles. The molecule has 0 spiro atoms. The number of nitrogens with zero attached hydrogens (tertiary/aromatic N) is 2. The van der Waals surface area contributed by atoms with Crippen LogP contribution in [0.15, 0.2) is 24.3 Å². The van der Waals surface area contributed by atoms with Crippen molar-refractivity contribution in [2.75, 3.05) is 26.2 Å². The first-order chi connectivity index (χ1) is 11.0. The van der Waals surface area contributed by atoms with E-state index in [9.17, 15) is 9.59 Å². The SMILES string of the molecule is C[C@H]1CN(C(=O)CN2Cc3ccccc3C[C@H]2C(N)=O)CCO1. The molecule has 0 aliphatic carbocycles. The Hall–Kier alpha value is -1.92. The molecule has 3 rings (SSSR count). The number of carbonyl (C=O) groups is 2. The number of amides is 2. The van der Waals surface area contributed by atoms with E-state index in [2.05, 4.69) is 0 Å². The number of hydrogen-bond acceptors (Lipinski definition) is 4. The van der Waals surface area contributed by atoms with E-state index in [0.29, 0.717) is 32.7 Å². The van der Waals surface area contributed by atoms with Gasteiger partial charge in [-0.1, -0.05) is 24.3 Å². The fourth-order valence-corrected chi connectivity index (χ4v) is 3.34. The highest BCUT2D eigenvalue weighted by Gasteiger charge is 2.32. The van der Waals surface area contributed by atoms with E-state index in [-0.39, 0.29) is 24.5 Å². The number of benzene rings is 1. The standard InChI is InChI=1S/C17H23N3O3/c1-12-9-19(6-7-23-12)16(21)11-20-10-14-5-3-2-4-13(14)8-15(20)17(18)22/h2-5,12,15H,6-11H2,1H3,(H2,18,22)/t12-,15-/m0/s1. The van der Waals surface area contributed by atoms with Gasteiger partial charge in [0.1, 0.15) is 0 Å². The molecule has 2 atom stereocenters. The summed E-state index contributed by atoms with van der Waals surface area (Å²) >= 11 is 0. The van der Waals surface area contributed by atoms with Crippen molar-refractivity contribution < 1.29 is 14.3 Å². The van der Waals surface area contributed by atoms with Gasteiger partial charge in [0.05, 0.1) is 25.3 Å². The summed E-state index contributed by atoms with van der Waals surface area (Å²) in [4.78, 5) is 28.1. The number of ether oxygens (including phenoxy) is 1. The maximum atomic E-state index is 12.6. The largest absolute Gasteiger partial charge is 0.375 e. The van der Waals surface area contributed by atoms with Gasteiger partial charge in [-0.2, -0.15) is 0 Å². The third-order valence-corrected chi connectivity index (χ3v) is 4.61. The van der Waals surface area contributed by atoms with E-state index in [1.165, 1.54) is 0 Å². The average molecular weight is 317 g/mol. The fourth-order valence-electron chi connectivity index (χ4n) is 3.34. The minimum atomic E-state index is -0.424. The Balaban J connectivity index is 1.72. The Kier molecular flexibility index (Phi) is 4.63. The molecule has 6 heteroatoms. The van der Waals surface area contributed by atoms with Crippen LogP contribution in [0.3, 0.4) is 0 Å². The topological polar surface area (TPSA) is 75.9 Å². The first kappa shape index (κ1) is 16.0. The smallest absolute Gasteiger partial charge is 0.236 e. The summed E-state index contributed by atoms with van der Waals surface area (Å²) < 4.78 is 5.47. The normalized spacial score (nSPS) is 25.0. The van der Waals surface area contributed by atoms with Crippen molar-refractivity contribution >= 4 is 11.8 Å². The molecular weight excluding hydrogens is 294 g/mol. The van der Waals surface area contributed by atoms with Gasteiger partial charge in [0.2, 0.25) is 11.8 Å². The van der Waals surface area contributed by atoms with Crippen LogP contribution in [0.25, 0.3) is 0 Å². The molecule has 0 unspecified atom stereocenters. The predicted molar refractivity (Wildman–Crippen MR) is 85.5 cm³/mol. The quantitative estimate of drug-likeness (QED) is 0.861. The first-order valence-corrected chi connectivity index (χ1v) is 8.04. The van der Waals surface area contributed by atoms with Crippen molar-refractivity contribution in [3.8, 4) is 0 Å². The Morgan fingerprint density at radius 2 is 2.04 bits per heavy atom. The van der Waals surface area contributed by atoms with Crippen LogP contribution in [0.2, 0.25) is 0 Å². The van der Waals surface area contributed by atoms with Crippen LogP contribution in [0.5, 0.6) is 0 Å². The Bertz CT molecular complexity index is 605. The van der Waals surface area contributed by atoms with Gasteiger partial charge >= 0.3 is 0 Å². The van der Waals surface area contributed by atoms with E-state index in [4.69, 9.17) is 10.5 Å². The van der Waals surface area contributed by atoms with Crippen LogP contribution in [0.1, 0.15) is 18.1 Å². The lowest BCUT2D eigenvalue weighted by Crippen LogP contribution is -2.54. The lowest BCUT2D eigenvalue weighted by atomic mass is 9.93. The summed E-state index contributed by atoms with van der Waals surface area (Å²) in [7, 11) is 0. The molecule has 2 amide bonds. The van der Waals surface area contributed by atoms with Crippen molar-refractivity contribution in [3.05, 3.63) is 35.4 Å². The van der Waals surface area contributed by atoms with Crippen LogP contribution in [0, 0.1) is 0 Å². The Morgan fingerprint density at radius 3 is 2.74 bits per heavy atom. The van der Waals surface area contributed by atoms with E-state index in [1.807, 2.05) is 41.0 Å². The highest BCUT2D eigenvalue weighted by Crippen LogP contribution is 2.23. The summed E-state index contributed by atoms with van der Waals surface area (Å²) in [5, 5.41) is 0. The Morgan fingerprint density at radius 1 is 1.30 bits per heavy atom. The summed E-state index contributed by atoms with van der Waals surface area (Å²) in [6.07, 6.45) is 0.625. The van der Waals surface area contributed by atoms with Gasteiger partial charge in [-0.15, -0.1) is 0 Å². The van der Waals surface area contributed by atoms with Crippen molar-refractivity contribution in [2.24, 2.45) is 5.73 Å². The van der Waals surface area contributed by atoms with Crippen molar-refractivity contribution in [3.63, 3.8) is 0 Å². The third kappa shape index (κ3) is 3.54. The molecule has 1 aromatic carbocycles. The molecule has 0 bridgehead atoms. The highest BCUT2D eigenvalue weighted by molar-refractivity contribution is 5.83. The summed E-state index contributed by atoms with van der Waals surface area (Å²) in [5.74, 6) is -0.339. The molecule has 124 valence electrons. The first-order valence-electron chi connectivity index (χ1n) is 8.04. The number of hydrogen-bond donors (Lipinski definition) is 1. The van der Waals surface area contributed by atoms with Crippen LogP contribution in [-0.4, -0.2) is 60.0 Å². The Labute approximate surface area is 136 Å². The zero-order valence-corrected chi connectivity index (χ0v) is 13.4. The molecule has 0 aromatic heterocycles. The second kappa shape index (κ2) is 6.68. The van der Waals surface area contributed by atoms with Gasteiger partial charge in [-0.25, -0.2) is 0 Å². The van der Waals surface area contributed by atoms with Crippen molar-refractivity contribution in [1.29, 1.82) is 0 Å². The molecule has 1 fully saturated rings. The number of carbonyl (C=O) groups excluding carboxylic acids is 2. The van der Waals surface area contributed by atoms with Crippen molar-refractivity contribution in [1.82, 2.24) is 9.80 Å². The van der Waals surface area contributed by atoms with Gasteiger partial charge in [-0.3, -0.25) is 14.5 Å². The average Bonchev–Trinajstić information content (AvgIpc) is 2.54. The van der Waals surface area contributed by atoms with Crippen LogP contribution < -0.4 is 5.73 Å². The minimum absolute atomic E-state index is 0.0331. The number of fused-ring (bicyclic) bond motifs is 1. The van der Waals surface area contributed by atoms with Crippen LogP contribution >= 0.6 is 0 Å². The van der Waals surface area contributed by atoms with E-state index in [1.54, 1.807) is 0 Å². The van der Waals surface area contributed by atoms with Gasteiger partial charge in [-0.05, 0) is 24.5 Å². The maximum absolute atomic E-state index is 12.6. The van der Waals surface area contributed by atoms with Crippen molar-refractivity contribution in [2.45, 2.75) is 32.0 Å². The zero-order chi connectivity index (χ0) is 16.4. The molecule has 1 aromatic rings. The van der Waals surface area contributed by atoms with E-state index >= 15 is 0 Å². The summed E-state index contributed by atoms with van der Waals surface area (Å²) in [6, 6.07) is 7.58. The molecule has 2 heterocycles. The minimum Gasteiger partial charge on any atom is -0.375 e. The lowest BCUT2D eigenvalue weighted by Gasteiger charge is -2.37. The van der Waals surface area contributed by atoms with Gasteiger partial charge in [0, 0.05) is 19.6 Å². The van der Waals surface area contributed by atoms with Gasteiger partial charge < -0.3 is 15.4 Å². The van der Waals surface area contributed by atoms with Gasteiger partial charge in [0.25, 0.3) is 0 Å². The molecular formula is C17H23N3O3. The summed E-state index contributed by atoms with van der Waals surface area (Å²) in [6.45, 7) is 4.53. The predicted octanol–water partition coefficient (Wildman–Crippen LogP) is 0.146. The molecule has 1 saturated heterocycles. The summed E-state index contributed by atoms with van der Waals surface area (Å²) in [5.41, 5.74) is 7.86. The second-order valence-corrected chi connectivity index (χ2v) is 6.32. The second-order valence-electron chi connectivity index (χ2n) is 6.32. The number of nitrogens with two attached hydrogens (primary N) is 1. The maximum Gasteiger partial charge on any atom is 0.236 e. The molecule has 2 aliphatic rings. The third-order valence-electron chi connectivity index (χ3n) is 4.61. The molecule has 0 saturated carbocycles. The fraction of sp³-hybridized carbons (Fsp3) is 0.529. The zero-order valence-electron chi connectivity index (χ0n) is 13.4. The van der Waals surface area contributed by atoms with Crippen LogP contribution in [0.4, 0.5) is 0 Å². The number of morpholine rings is 1. The highest BCUT2D eigenvalue weighted by atomic mass is 16.5. The van der Waals surface area contributed by atoms with Crippen LogP contribution in [-0.2, 0) is 27.3 Å². The molecule has 0 radical (unpaired) electrons.